The van der Waals surface area contributed by atoms with Gasteiger partial charge in [-0.15, -0.1) is 6.58 Å². The lowest BCUT2D eigenvalue weighted by Gasteiger charge is -2.13. The van der Waals surface area contributed by atoms with Crippen LogP contribution in [0.15, 0.2) is 37.5 Å². The third-order valence-corrected chi connectivity index (χ3v) is 2.25. The number of ether oxygens (including phenoxy) is 1. The molecule has 0 saturated carbocycles. The first-order valence-corrected chi connectivity index (χ1v) is 5.94. The van der Waals surface area contributed by atoms with Crippen LogP contribution in [0.2, 0.25) is 0 Å². The highest BCUT2D eigenvalue weighted by Crippen LogP contribution is 1.97. The maximum atomic E-state index is 10.8. The first-order valence-electron chi connectivity index (χ1n) is 5.94. The van der Waals surface area contributed by atoms with E-state index >= 15 is 0 Å². The Morgan fingerprint density at radius 1 is 1.29 bits per heavy atom. The van der Waals surface area contributed by atoms with Gasteiger partial charge in [0.05, 0.1) is 0 Å². The number of unbranched alkanes of at least 4 members (excludes halogenated alkanes) is 2. The minimum Gasteiger partial charge on any atom is -0.461 e. The van der Waals surface area contributed by atoms with Gasteiger partial charge in [0, 0.05) is 19.2 Å². The molecule has 0 N–H and O–H groups in total. The van der Waals surface area contributed by atoms with Gasteiger partial charge >= 0.3 is 5.97 Å². The van der Waals surface area contributed by atoms with E-state index in [0.29, 0.717) is 6.61 Å². The molecule has 0 aromatic carbocycles. The van der Waals surface area contributed by atoms with Crippen molar-refractivity contribution in [3.63, 3.8) is 0 Å². The highest BCUT2D eigenvalue weighted by molar-refractivity contribution is 5.81. The van der Waals surface area contributed by atoms with E-state index in [-0.39, 0.29) is 5.97 Å². The first-order chi connectivity index (χ1) is 8.20. The average molecular weight is 237 g/mol. The van der Waals surface area contributed by atoms with Gasteiger partial charge in [-0.05, 0) is 26.3 Å². The Kier molecular flexibility index (Phi) is 10.3. The van der Waals surface area contributed by atoms with Gasteiger partial charge in [-0.1, -0.05) is 24.8 Å². The molecule has 0 radical (unpaired) electrons. The molecule has 17 heavy (non-hydrogen) atoms. The molecular weight excluding hydrogens is 214 g/mol. The fraction of sp³-hybridized carbons (Fsp3) is 0.500. The standard InChI is InChI=1S/C14H23NO2/c1-4-6-7-8-9-10-11-15(3)12-13-17-14(16)5-2/h4-5,9-10H,1-2,6-8,11-13H2,3H3/b10-9-. The fourth-order valence-electron chi connectivity index (χ4n) is 1.20. The zero-order valence-electron chi connectivity index (χ0n) is 10.7. The van der Waals surface area contributed by atoms with Gasteiger partial charge in [0.15, 0.2) is 0 Å². The number of esters is 1. The number of rotatable bonds is 10. The summed E-state index contributed by atoms with van der Waals surface area (Å²) in [5, 5.41) is 0. The number of carbonyl (C=O) groups excluding carboxylic acids is 1. The highest BCUT2D eigenvalue weighted by atomic mass is 16.5. The van der Waals surface area contributed by atoms with E-state index < -0.39 is 0 Å². The zero-order chi connectivity index (χ0) is 12.9. The molecule has 0 aliphatic rings. The SMILES string of the molecule is C=CCCC/C=C\CN(C)CCOC(=O)C=C. The van der Waals surface area contributed by atoms with Crippen LogP contribution in [-0.2, 0) is 9.53 Å². The molecule has 0 heterocycles. The molecule has 0 unspecified atom stereocenters. The van der Waals surface area contributed by atoms with Crippen molar-refractivity contribution in [1.29, 1.82) is 0 Å². The van der Waals surface area contributed by atoms with Crippen LogP contribution >= 0.6 is 0 Å². The first kappa shape index (κ1) is 15.7. The number of carbonyl (C=O) groups is 1. The highest BCUT2D eigenvalue weighted by Gasteiger charge is 1.98. The number of nitrogens with zero attached hydrogens (tertiary/aromatic N) is 1. The lowest BCUT2D eigenvalue weighted by Crippen LogP contribution is -2.24. The van der Waals surface area contributed by atoms with E-state index in [1.165, 1.54) is 6.08 Å². The van der Waals surface area contributed by atoms with E-state index in [1.807, 2.05) is 13.1 Å². The van der Waals surface area contributed by atoms with Crippen molar-refractivity contribution in [2.45, 2.75) is 19.3 Å². The Morgan fingerprint density at radius 3 is 2.71 bits per heavy atom. The molecule has 0 fully saturated rings. The van der Waals surface area contributed by atoms with Crippen LogP contribution < -0.4 is 0 Å². The van der Waals surface area contributed by atoms with Gasteiger partial charge in [-0.2, -0.15) is 0 Å². The van der Waals surface area contributed by atoms with E-state index in [2.05, 4.69) is 30.2 Å². The Morgan fingerprint density at radius 2 is 2.06 bits per heavy atom. The van der Waals surface area contributed by atoms with E-state index in [1.54, 1.807) is 0 Å². The van der Waals surface area contributed by atoms with E-state index in [4.69, 9.17) is 4.74 Å². The Hall–Kier alpha value is -1.35. The molecule has 3 nitrogen and oxygen atoms in total. The number of hydrogen-bond donors (Lipinski definition) is 0. The molecule has 3 heteroatoms. The summed E-state index contributed by atoms with van der Waals surface area (Å²) in [6.45, 7) is 9.03. The predicted molar refractivity (Wildman–Crippen MR) is 71.8 cm³/mol. The molecule has 0 aliphatic carbocycles. The minimum absolute atomic E-state index is 0.363. The smallest absolute Gasteiger partial charge is 0.330 e. The van der Waals surface area contributed by atoms with Gasteiger partial charge in [0.2, 0.25) is 0 Å². The van der Waals surface area contributed by atoms with Crippen molar-refractivity contribution in [2.75, 3.05) is 26.7 Å². The quantitative estimate of drug-likeness (QED) is 0.253. The van der Waals surface area contributed by atoms with Gasteiger partial charge < -0.3 is 4.74 Å². The monoisotopic (exact) mass is 237 g/mol. The van der Waals surface area contributed by atoms with Crippen LogP contribution in [0.25, 0.3) is 0 Å². The maximum Gasteiger partial charge on any atom is 0.330 e. The molecule has 0 aliphatic heterocycles. The fourth-order valence-corrected chi connectivity index (χ4v) is 1.20. The van der Waals surface area contributed by atoms with Crippen LogP contribution in [-0.4, -0.2) is 37.6 Å². The van der Waals surface area contributed by atoms with Crippen molar-refractivity contribution < 1.29 is 9.53 Å². The third kappa shape index (κ3) is 10.9. The average Bonchev–Trinajstić information content (AvgIpc) is 2.33. The molecule has 0 rings (SSSR count). The lowest BCUT2D eigenvalue weighted by atomic mass is 10.2. The topological polar surface area (TPSA) is 29.5 Å². The molecule has 96 valence electrons. The molecule has 0 bridgehead atoms. The van der Waals surface area contributed by atoms with Crippen molar-refractivity contribution in [3.8, 4) is 0 Å². The van der Waals surface area contributed by atoms with Gasteiger partial charge in [0.1, 0.15) is 6.61 Å². The van der Waals surface area contributed by atoms with Crippen molar-refractivity contribution >= 4 is 5.97 Å². The summed E-state index contributed by atoms with van der Waals surface area (Å²) in [6.07, 6.45) is 10.7. The summed E-state index contributed by atoms with van der Waals surface area (Å²) in [4.78, 5) is 12.9. The van der Waals surface area contributed by atoms with Crippen molar-refractivity contribution in [1.82, 2.24) is 4.90 Å². The second-order valence-corrected chi connectivity index (χ2v) is 3.82. The van der Waals surface area contributed by atoms with Crippen LogP contribution in [0, 0.1) is 0 Å². The number of likely N-dealkylation sites (N-methyl/N-ethyl adjacent to an activating group) is 1. The molecule has 0 amide bonds. The maximum absolute atomic E-state index is 10.8. The van der Waals surface area contributed by atoms with E-state index in [9.17, 15) is 4.79 Å². The Bertz CT molecular complexity index is 259. The molecule has 0 aromatic heterocycles. The summed E-state index contributed by atoms with van der Waals surface area (Å²) >= 11 is 0. The molecule has 0 atom stereocenters. The molecular formula is C14H23NO2. The summed E-state index contributed by atoms with van der Waals surface area (Å²) in [5.41, 5.74) is 0. The molecule has 0 aromatic rings. The largest absolute Gasteiger partial charge is 0.461 e. The summed E-state index contributed by atoms with van der Waals surface area (Å²) in [7, 11) is 2.00. The number of hydrogen-bond acceptors (Lipinski definition) is 3. The predicted octanol–water partition coefficient (Wildman–Crippen LogP) is 2.56. The van der Waals surface area contributed by atoms with Crippen LogP contribution in [0.5, 0.6) is 0 Å². The second-order valence-electron chi connectivity index (χ2n) is 3.82. The summed E-state index contributed by atoms with van der Waals surface area (Å²) < 4.78 is 4.89. The minimum atomic E-state index is -0.363. The Labute approximate surface area is 104 Å². The lowest BCUT2D eigenvalue weighted by molar-refractivity contribution is -0.138. The number of allylic oxidation sites excluding steroid dienone is 2. The van der Waals surface area contributed by atoms with Crippen LogP contribution in [0.4, 0.5) is 0 Å². The van der Waals surface area contributed by atoms with Gasteiger partial charge in [-0.3, -0.25) is 4.90 Å². The normalized spacial score (nSPS) is 10.7. The van der Waals surface area contributed by atoms with Crippen LogP contribution in [0.3, 0.4) is 0 Å². The third-order valence-electron chi connectivity index (χ3n) is 2.25. The van der Waals surface area contributed by atoms with E-state index in [0.717, 1.165) is 32.4 Å². The van der Waals surface area contributed by atoms with Gasteiger partial charge in [-0.25, -0.2) is 4.79 Å². The zero-order valence-corrected chi connectivity index (χ0v) is 10.7. The van der Waals surface area contributed by atoms with Gasteiger partial charge in [0.25, 0.3) is 0 Å². The summed E-state index contributed by atoms with van der Waals surface area (Å²) in [6, 6.07) is 0. The second kappa shape index (κ2) is 11.1. The molecule has 0 saturated heterocycles. The van der Waals surface area contributed by atoms with Crippen molar-refractivity contribution in [3.05, 3.63) is 37.5 Å². The molecule has 0 spiro atoms. The van der Waals surface area contributed by atoms with Crippen molar-refractivity contribution in [2.24, 2.45) is 0 Å². The van der Waals surface area contributed by atoms with Crippen LogP contribution in [0.1, 0.15) is 19.3 Å². The summed E-state index contributed by atoms with van der Waals surface area (Å²) in [5.74, 6) is -0.363. The Balaban J connectivity index is 3.45.